The lowest BCUT2D eigenvalue weighted by atomic mass is 9.99. The zero-order valence-corrected chi connectivity index (χ0v) is 27.0. The Morgan fingerprint density at radius 1 is 0.360 bits per heavy atom. The van der Waals surface area contributed by atoms with Crippen molar-refractivity contribution in [2.24, 2.45) is 0 Å². The smallest absolute Gasteiger partial charge is 0.160 e. The highest BCUT2D eigenvalue weighted by Crippen LogP contribution is 2.36. The molecule has 3 heterocycles. The van der Waals surface area contributed by atoms with Gasteiger partial charge in [0.1, 0.15) is 11.2 Å². The first-order valence-electron chi connectivity index (χ1n) is 16.8. The molecule has 0 aliphatic carbocycles. The van der Waals surface area contributed by atoms with Crippen molar-refractivity contribution in [3.05, 3.63) is 176 Å². The number of aromatic nitrogens is 3. The summed E-state index contributed by atoms with van der Waals surface area (Å²) in [6.45, 7) is 0. The van der Waals surface area contributed by atoms with Crippen molar-refractivity contribution >= 4 is 43.7 Å². The monoisotopic (exact) mass is 639 g/mol. The average Bonchev–Trinajstić information content (AvgIpc) is 3.74. The Hall–Kier alpha value is -6.78. The van der Waals surface area contributed by atoms with Crippen molar-refractivity contribution in [3.8, 4) is 50.7 Å². The van der Waals surface area contributed by atoms with E-state index in [1.807, 2.05) is 30.3 Å². The molecule has 234 valence electrons. The number of hydrogen-bond acceptors (Lipinski definition) is 3. The second-order valence-electron chi connectivity index (χ2n) is 12.6. The van der Waals surface area contributed by atoms with E-state index in [0.717, 1.165) is 66.8 Å². The normalized spacial score (nSPS) is 11.6. The van der Waals surface area contributed by atoms with Gasteiger partial charge >= 0.3 is 0 Å². The quantitative estimate of drug-likeness (QED) is 0.188. The van der Waals surface area contributed by atoms with Gasteiger partial charge in [0, 0.05) is 43.9 Å². The molecule has 4 heteroatoms. The Morgan fingerprint density at radius 3 is 1.68 bits per heavy atom. The van der Waals surface area contributed by atoms with Crippen LogP contribution in [0.15, 0.2) is 180 Å². The van der Waals surface area contributed by atoms with Crippen LogP contribution in [-0.2, 0) is 0 Å². The van der Waals surface area contributed by atoms with Crippen molar-refractivity contribution in [3.63, 3.8) is 0 Å². The zero-order chi connectivity index (χ0) is 33.0. The van der Waals surface area contributed by atoms with Gasteiger partial charge < -0.3 is 8.98 Å². The third kappa shape index (κ3) is 4.69. The molecule has 0 aliphatic rings. The van der Waals surface area contributed by atoms with Crippen LogP contribution in [-0.4, -0.2) is 14.5 Å². The Bertz CT molecular complexity index is 2830. The molecule has 0 unspecified atom stereocenters. The molecule has 0 saturated heterocycles. The van der Waals surface area contributed by atoms with Crippen LogP contribution >= 0.6 is 0 Å². The van der Waals surface area contributed by atoms with Crippen molar-refractivity contribution in [1.82, 2.24) is 14.5 Å². The van der Waals surface area contributed by atoms with Gasteiger partial charge in [0.25, 0.3) is 0 Å². The van der Waals surface area contributed by atoms with E-state index in [9.17, 15) is 0 Å². The molecule has 7 aromatic carbocycles. The van der Waals surface area contributed by atoms with Crippen LogP contribution in [0.25, 0.3) is 94.5 Å². The van der Waals surface area contributed by atoms with Gasteiger partial charge in [-0.2, -0.15) is 0 Å². The highest BCUT2D eigenvalue weighted by molar-refractivity contribution is 6.09. The van der Waals surface area contributed by atoms with E-state index in [4.69, 9.17) is 14.4 Å². The van der Waals surface area contributed by atoms with E-state index in [2.05, 4.69) is 150 Å². The fourth-order valence-electron chi connectivity index (χ4n) is 7.23. The number of hydrogen-bond donors (Lipinski definition) is 0. The first-order chi connectivity index (χ1) is 24.8. The van der Waals surface area contributed by atoms with Gasteiger partial charge in [-0.3, -0.25) is 0 Å². The fourth-order valence-corrected chi connectivity index (χ4v) is 7.23. The number of rotatable bonds is 5. The summed E-state index contributed by atoms with van der Waals surface area (Å²) in [6.07, 6.45) is 0. The molecule has 0 saturated carbocycles. The van der Waals surface area contributed by atoms with Crippen LogP contribution in [0.2, 0.25) is 0 Å². The van der Waals surface area contributed by atoms with E-state index in [1.165, 1.54) is 21.8 Å². The largest absolute Gasteiger partial charge is 0.456 e. The summed E-state index contributed by atoms with van der Waals surface area (Å²) in [7, 11) is 0. The van der Waals surface area contributed by atoms with Crippen molar-refractivity contribution < 1.29 is 4.42 Å². The van der Waals surface area contributed by atoms with Crippen LogP contribution in [0, 0.1) is 0 Å². The van der Waals surface area contributed by atoms with E-state index in [-0.39, 0.29) is 0 Å². The molecule has 0 bridgehead atoms. The molecule has 50 heavy (non-hydrogen) atoms. The molecule has 0 atom stereocenters. The Morgan fingerprint density at radius 2 is 0.920 bits per heavy atom. The van der Waals surface area contributed by atoms with E-state index in [0.29, 0.717) is 5.82 Å². The minimum Gasteiger partial charge on any atom is -0.456 e. The highest BCUT2D eigenvalue weighted by Gasteiger charge is 2.15. The maximum absolute atomic E-state index is 6.22. The second-order valence-corrected chi connectivity index (χ2v) is 12.6. The first kappa shape index (κ1) is 28.3. The van der Waals surface area contributed by atoms with Crippen LogP contribution in [0.3, 0.4) is 0 Å². The van der Waals surface area contributed by atoms with Gasteiger partial charge in [0.05, 0.1) is 22.4 Å². The lowest BCUT2D eigenvalue weighted by Gasteiger charge is -2.13. The van der Waals surface area contributed by atoms with E-state index in [1.54, 1.807) is 0 Å². The SMILES string of the molecule is c1ccc(-c2nc(-c3cccc(-c4ccc5c(c4)oc4ccccc45)c3)cc(-c3cccc(-n4c5ccccc5c5ccccc54)c3)n2)cc1. The summed E-state index contributed by atoms with van der Waals surface area (Å²) >= 11 is 0. The summed E-state index contributed by atoms with van der Waals surface area (Å²) in [5, 5.41) is 4.73. The summed E-state index contributed by atoms with van der Waals surface area (Å²) in [5.41, 5.74) is 12.2. The third-order valence-electron chi connectivity index (χ3n) is 9.61. The molecular weight excluding hydrogens is 611 g/mol. The van der Waals surface area contributed by atoms with Gasteiger partial charge in [-0.15, -0.1) is 0 Å². The molecule has 10 aromatic rings. The van der Waals surface area contributed by atoms with E-state index < -0.39 is 0 Å². The summed E-state index contributed by atoms with van der Waals surface area (Å²) < 4.78 is 8.56. The second kappa shape index (κ2) is 11.4. The number of nitrogens with zero attached hydrogens (tertiary/aromatic N) is 3. The van der Waals surface area contributed by atoms with Gasteiger partial charge in [-0.05, 0) is 65.7 Å². The van der Waals surface area contributed by atoms with Crippen LogP contribution in [0.1, 0.15) is 0 Å². The summed E-state index contributed by atoms with van der Waals surface area (Å²) in [6, 6.07) is 61.4. The Kier molecular flexibility index (Phi) is 6.46. The van der Waals surface area contributed by atoms with Crippen LogP contribution < -0.4 is 0 Å². The van der Waals surface area contributed by atoms with E-state index >= 15 is 0 Å². The summed E-state index contributed by atoms with van der Waals surface area (Å²) in [4.78, 5) is 10.3. The molecule has 0 N–H and O–H groups in total. The molecule has 0 radical (unpaired) electrons. The molecule has 0 fully saturated rings. The molecule has 10 rings (SSSR count). The van der Waals surface area contributed by atoms with Crippen molar-refractivity contribution in [2.75, 3.05) is 0 Å². The van der Waals surface area contributed by atoms with Crippen LogP contribution in [0.5, 0.6) is 0 Å². The lowest BCUT2D eigenvalue weighted by Crippen LogP contribution is -1.98. The Balaban J connectivity index is 1.11. The molecule has 0 aliphatic heterocycles. The minimum atomic E-state index is 0.689. The van der Waals surface area contributed by atoms with Crippen LogP contribution in [0.4, 0.5) is 0 Å². The Labute approximate surface area is 288 Å². The van der Waals surface area contributed by atoms with Gasteiger partial charge in [0.2, 0.25) is 0 Å². The molecule has 3 aromatic heterocycles. The minimum absolute atomic E-state index is 0.689. The maximum Gasteiger partial charge on any atom is 0.160 e. The lowest BCUT2D eigenvalue weighted by molar-refractivity contribution is 0.669. The number of fused-ring (bicyclic) bond motifs is 6. The molecular formula is C46H29N3O. The van der Waals surface area contributed by atoms with Crippen molar-refractivity contribution in [2.45, 2.75) is 0 Å². The first-order valence-corrected chi connectivity index (χ1v) is 16.8. The van der Waals surface area contributed by atoms with Gasteiger partial charge in [-0.25, -0.2) is 9.97 Å². The predicted octanol–water partition coefficient (Wildman–Crippen LogP) is 12.1. The standard InChI is InChI=1S/C46H29N3O/c1-2-12-30(13-3-1)46-47-40(33-15-10-14-31(26-33)32-24-25-39-38-20-6-9-23-44(38)50-45(39)28-32)29-41(48-46)34-16-11-17-35(27-34)49-42-21-7-4-18-36(42)37-19-5-8-22-43(37)49/h1-29H. The third-order valence-corrected chi connectivity index (χ3v) is 9.61. The molecule has 0 spiro atoms. The number of benzene rings is 7. The molecule has 0 amide bonds. The highest BCUT2D eigenvalue weighted by atomic mass is 16.3. The van der Waals surface area contributed by atoms with Crippen molar-refractivity contribution in [1.29, 1.82) is 0 Å². The topological polar surface area (TPSA) is 43.9 Å². The number of para-hydroxylation sites is 3. The maximum atomic E-state index is 6.22. The zero-order valence-electron chi connectivity index (χ0n) is 27.0. The van der Waals surface area contributed by atoms with Gasteiger partial charge in [0.15, 0.2) is 5.82 Å². The average molecular weight is 640 g/mol. The number of furan rings is 1. The summed E-state index contributed by atoms with van der Waals surface area (Å²) in [5.74, 6) is 0.689. The fraction of sp³-hybridized carbons (Fsp3) is 0. The predicted molar refractivity (Wildman–Crippen MR) is 205 cm³/mol. The molecule has 4 nitrogen and oxygen atoms in total. The van der Waals surface area contributed by atoms with Gasteiger partial charge in [-0.1, -0.05) is 121 Å².